The van der Waals surface area contributed by atoms with Gasteiger partial charge in [-0.3, -0.25) is 4.84 Å². The number of hydrogen-bond acceptors (Lipinski definition) is 3. The number of benzene rings is 1. The third-order valence-corrected chi connectivity index (χ3v) is 3.20. The quantitative estimate of drug-likeness (QED) is 0.822. The Balaban J connectivity index is 2.21. The van der Waals surface area contributed by atoms with Crippen LogP contribution in [0.4, 0.5) is 0 Å². The molecular formula is C14H14N2O2. The molecule has 2 heterocycles. The first-order valence-corrected chi connectivity index (χ1v) is 6.01. The summed E-state index contributed by atoms with van der Waals surface area (Å²) in [5.74, 6) is 2.00. The molecule has 4 nitrogen and oxygen atoms in total. The summed E-state index contributed by atoms with van der Waals surface area (Å²) < 4.78 is 0. The zero-order valence-corrected chi connectivity index (χ0v) is 10.4. The van der Waals surface area contributed by atoms with Gasteiger partial charge in [0.15, 0.2) is 11.6 Å². The smallest absolute Gasteiger partial charge is 0.157 e. The van der Waals surface area contributed by atoms with Crippen molar-refractivity contribution in [2.75, 3.05) is 6.61 Å². The Morgan fingerprint density at radius 2 is 2.33 bits per heavy atom. The maximum absolute atomic E-state index is 11.2. The second-order valence-electron chi connectivity index (χ2n) is 4.43. The highest BCUT2D eigenvalue weighted by Crippen LogP contribution is 2.37. The number of aryl methyl sites for hydroxylation is 1. The summed E-state index contributed by atoms with van der Waals surface area (Å²) in [6.45, 7) is 5.05. The minimum atomic E-state index is 0.490. The van der Waals surface area contributed by atoms with E-state index in [1.54, 1.807) is 5.06 Å². The molecule has 3 rings (SSSR count). The lowest BCUT2D eigenvalue weighted by molar-refractivity contribution is -0.105. The minimum Gasteiger partial charge on any atom is -0.356 e. The van der Waals surface area contributed by atoms with Crippen molar-refractivity contribution < 1.29 is 9.63 Å². The number of rotatable bonds is 2. The number of hydroxylamine groups is 2. The molecule has 0 atom stereocenters. The van der Waals surface area contributed by atoms with Gasteiger partial charge in [-0.1, -0.05) is 11.6 Å². The summed E-state index contributed by atoms with van der Waals surface area (Å²) in [5.41, 5.74) is 4.65. The van der Waals surface area contributed by atoms with Crippen LogP contribution in [0.1, 0.15) is 23.7 Å². The van der Waals surface area contributed by atoms with E-state index in [-0.39, 0.29) is 0 Å². The number of nitrogens with one attached hydrogen (secondary N) is 1. The van der Waals surface area contributed by atoms with Crippen LogP contribution in [0, 0.1) is 6.92 Å². The van der Waals surface area contributed by atoms with Crippen LogP contribution in [0.15, 0.2) is 18.2 Å². The largest absolute Gasteiger partial charge is 0.356 e. The van der Waals surface area contributed by atoms with Crippen LogP contribution >= 0.6 is 0 Å². The summed E-state index contributed by atoms with van der Waals surface area (Å²) in [4.78, 5) is 20.0. The van der Waals surface area contributed by atoms with Crippen molar-refractivity contribution in [3.05, 3.63) is 35.0 Å². The standard InChI is InChI=1S/C14H14N2O2/c1-3-18-16-7-12-14(13(16)8-17)10-6-9(2)4-5-11(10)15-12/h4-6,15H,3,7H2,1-2H3. The van der Waals surface area contributed by atoms with Crippen molar-refractivity contribution in [2.45, 2.75) is 20.4 Å². The van der Waals surface area contributed by atoms with E-state index in [1.165, 1.54) is 5.56 Å². The summed E-state index contributed by atoms with van der Waals surface area (Å²) in [7, 11) is 0. The van der Waals surface area contributed by atoms with E-state index in [0.717, 1.165) is 22.2 Å². The number of fused-ring (bicyclic) bond motifs is 3. The summed E-state index contributed by atoms with van der Waals surface area (Å²) in [6.07, 6.45) is 0. The fraction of sp³-hybridized carbons (Fsp3) is 0.286. The third-order valence-electron chi connectivity index (χ3n) is 3.20. The van der Waals surface area contributed by atoms with Crippen molar-refractivity contribution >= 4 is 22.5 Å². The topological polar surface area (TPSA) is 45.3 Å². The van der Waals surface area contributed by atoms with Gasteiger partial charge in [-0.25, -0.2) is 9.86 Å². The van der Waals surface area contributed by atoms with Gasteiger partial charge in [-0.2, -0.15) is 0 Å². The average Bonchev–Trinajstić information content (AvgIpc) is 2.85. The summed E-state index contributed by atoms with van der Waals surface area (Å²) in [5, 5.41) is 2.67. The predicted molar refractivity (Wildman–Crippen MR) is 69.3 cm³/mol. The first-order valence-electron chi connectivity index (χ1n) is 6.01. The van der Waals surface area contributed by atoms with Crippen molar-refractivity contribution in [1.82, 2.24) is 10.0 Å². The van der Waals surface area contributed by atoms with E-state index in [0.29, 0.717) is 18.8 Å². The van der Waals surface area contributed by atoms with Gasteiger partial charge in [-0.05, 0) is 26.0 Å². The molecule has 1 aliphatic rings. The maximum atomic E-state index is 11.2. The lowest BCUT2D eigenvalue weighted by Crippen LogP contribution is -2.16. The first kappa shape index (κ1) is 11.1. The highest BCUT2D eigenvalue weighted by Gasteiger charge is 2.29. The molecule has 0 bridgehead atoms. The molecule has 0 spiro atoms. The van der Waals surface area contributed by atoms with Gasteiger partial charge in [0.05, 0.1) is 13.2 Å². The number of H-pyrrole nitrogens is 1. The van der Waals surface area contributed by atoms with Crippen molar-refractivity contribution in [1.29, 1.82) is 0 Å². The van der Waals surface area contributed by atoms with Gasteiger partial charge in [0.25, 0.3) is 0 Å². The molecule has 1 aliphatic heterocycles. The van der Waals surface area contributed by atoms with Crippen LogP contribution in [-0.4, -0.2) is 22.6 Å². The van der Waals surface area contributed by atoms with E-state index in [4.69, 9.17) is 4.84 Å². The number of aromatic nitrogens is 1. The molecule has 0 amide bonds. The van der Waals surface area contributed by atoms with Gasteiger partial charge < -0.3 is 4.98 Å². The van der Waals surface area contributed by atoms with Crippen LogP contribution in [0.2, 0.25) is 0 Å². The molecule has 18 heavy (non-hydrogen) atoms. The average molecular weight is 242 g/mol. The molecule has 1 N–H and O–H groups in total. The molecular weight excluding hydrogens is 228 g/mol. The molecule has 0 radical (unpaired) electrons. The van der Waals surface area contributed by atoms with E-state index in [1.807, 2.05) is 25.9 Å². The van der Waals surface area contributed by atoms with Crippen molar-refractivity contribution in [3.63, 3.8) is 0 Å². The second kappa shape index (κ2) is 4.02. The van der Waals surface area contributed by atoms with Crippen LogP contribution in [0.25, 0.3) is 16.6 Å². The molecule has 0 saturated carbocycles. The van der Waals surface area contributed by atoms with Crippen molar-refractivity contribution in [3.8, 4) is 0 Å². The zero-order chi connectivity index (χ0) is 12.7. The van der Waals surface area contributed by atoms with Gasteiger partial charge >= 0.3 is 0 Å². The van der Waals surface area contributed by atoms with Crippen molar-refractivity contribution in [2.24, 2.45) is 0 Å². The van der Waals surface area contributed by atoms with Crippen LogP contribution in [0.3, 0.4) is 0 Å². The third kappa shape index (κ3) is 1.47. The molecule has 0 aliphatic carbocycles. The van der Waals surface area contributed by atoms with Crippen LogP contribution < -0.4 is 0 Å². The number of carbonyl (C=O) groups excluding carboxylic acids is 1. The lowest BCUT2D eigenvalue weighted by atomic mass is 10.1. The summed E-state index contributed by atoms with van der Waals surface area (Å²) in [6, 6.07) is 6.17. The SMILES string of the molecule is CCON1Cc2[nH]c3ccc(C)cc3c2C1=C=O. The van der Waals surface area contributed by atoms with Crippen LogP contribution in [-0.2, 0) is 16.2 Å². The molecule has 0 saturated heterocycles. The molecule has 0 unspecified atom stereocenters. The highest BCUT2D eigenvalue weighted by molar-refractivity contribution is 6.02. The lowest BCUT2D eigenvalue weighted by Gasteiger charge is -2.16. The van der Waals surface area contributed by atoms with Gasteiger partial charge in [0.1, 0.15) is 0 Å². The second-order valence-corrected chi connectivity index (χ2v) is 4.43. The Kier molecular flexibility index (Phi) is 2.47. The Hall–Kier alpha value is -2.03. The number of hydrogen-bond donors (Lipinski definition) is 1. The molecule has 1 aromatic heterocycles. The van der Waals surface area contributed by atoms with Gasteiger partial charge in [0.2, 0.25) is 0 Å². The molecule has 0 fully saturated rings. The Bertz CT molecular complexity index is 666. The van der Waals surface area contributed by atoms with Gasteiger partial charge in [0, 0.05) is 22.2 Å². The molecule has 92 valence electrons. The normalized spacial score (nSPS) is 14.1. The van der Waals surface area contributed by atoms with E-state index < -0.39 is 0 Å². The number of aromatic amines is 1. The highest BCUT2D eigenvalue weighted by atomic mass is 16.7. The minimum absolute atomic E-state index is 0.490. The Labute approximate surface area is 105 Å². The molecule has 4 heteroatoms. The first-order chi connectivity index (χ1) is 8.74. The van der Waals surface area contributed by atoms with E-state index in [2.05, 4.69) is 17.1 Å². The van der Waals surface area contributed by atoms with E-state index in [9.17, 15) is 4.79 Å². The molecule has 1 aromatic carbocycles. The maximum Gasteiger partial charge on any atom is 0.157 e. The summed E-state index contributed by atoms with van der Waals surface area (Å²) >= 11 is 0. The zero-order valence-electron chi connectivity index (χ0n) is 10.4. The van der Waals surface area contributed by atoms with Crippen LogP contribution in [0.5, 0.6) is 0 Å². The number of nitrogens with zero attached hydrogens (tertiary/aromatic N) is 1. The Morgan fingerprint density at radius 3 is 3.06 bits per heavy atom. The monoisotopic (exact) mass is 242 g/mol. The Morgan fingerprint density at radius 1 is 1.50 bits per heavy atom. The van der Waals surface area contributed by atoms with E-state index >= 15 is 0 Å². The fourth-order valence-corrected chi connectivity index (χ4v) is 2.47. The molecule has 2 aromatic rings. The van der Waals surface area contributed by atoms with Gasteiger partial charge in [-0.15, -0.1) is 0 Å². The predicted octanol–water partition coefficient (Wildman–Crippen LogP) is 2.42. The fourth-order valence-electron chi connectivity index (χ4n) is 2.47.